The Hall–Kier alpha value is -3.45. The van der Waals surface area contributed by atoms with E-state index in [1.807, 2.05) is 36.4 Å². The lowest BCUT2D eigenvalue weighted by Gasteiger charge is -2.03. The Labute approximate surface area is 168 Å². The molecule has 0 atom stereocenters. The molecule has 0 radical (unpaired) electrons. The number of H-pyrrole nitrogens is 1. The largest absolute Gasteiger partial charge is 0.347 e. The van der Waals surface area contributed by atoms with Gasteiger partial charge >= 0.3 is 0 Å². The molecule has 4 rings (SSSR count). The summed E-state index contributed by atoms with van der Waals surface area (Å²) in [5.74, 6) is -0.203. The predicted molar refractivity (Wildman–Crippen MR) is 112 cm³/mol. The zero-order valence-corrected chi connectivity index (χ0v) is 16.5. The van der Waals surface area contributed by atoms with E-state index in [0.29, 0.717) is 17.9 Å². The molecule has 146 valence electrons. The summed E-state index contributed by atoms with van der Waals surface area (Å²) in [6, 6.07) is 20.0. The molecule has 0 saturated carbocycles. The lowest BCUT2D eigenvalue weighted by molar-refractivity contribution is 0.0946. The summed E-state index contributed by atoms with van der Waals surface area (Å²) >= 11 is 0. The molecular weight excluding hydrogens is 386 g/mol. The molecule has 0 unspecified atom stereocenters. The average Bonchev–Trinajstić information content (AvgIpc) is 3.16. The van der Waals surface area contributed by atoms with Gasteiger partial charge in [-0.25, -0.2) is 13.4 Å². The summed E-state index contributed by atoms with van der Waals surface area (Å²) in [4.78, 5) is 20.2. The molecule has 6 nitrogen and oxygen atoms in total. The Kier molecular flexibility index (Phi) is 4.90. The summed E-state index contributed by atoms with van der Waals surface area (Å²) < 4.78 is 23.2. The molecule has 0 bridgehead atoms. The predicted octanol–water partition coefficient (Wildman–Crippen LogP) is 3.56. The van der Waals surface area contributed by atoms with Gasteiger partial charge in [0, 0.05) is 29.9 Å². The van der Waals surface area contributed by atoms with E-state index >= 15 is 0 Å². The van der Waals surface area contributed by atoms with Crippen molar-refractivity contribution in [3.8, 4) is 11.1 Å². The number of aromatic amines is 1. The van der Waals surface area contributed by atoms with Crippen LogP contribution >= 0.6 is 0 Å². The molecule has 2 aromatic heterocycles. The summed E-state index contributed by atoms with van der Waals surface area (Å²) in [7, 11) is -3.23. The number of nitrogens with zero attached hydrogens (tertiary/aromatic N) is 1. The standard InChI is InChI=1S/C22H19N3O3S/c1-29(27,28)19-9-7-16(8-10-19)18-11-17-12-20(25-21(17)23-14-18)22(26)24-13-15-5-3-2-4-6-15/h2-12,14H,13H2,1H3,(H,23,25)(H,24,26). The van der Waals surface area contributed by atoms with Crippen molar-refractivity contribution in [1.29, 1.82) is 0 Å². The fourth-order valence-electron chi connectivity index (χ4n) is 3.06. The highest BCUT2D eigenvalue weighted by molar-refractivity contribution is 7.90. The van der Waals surface area contributed by atoms with E-state index in [1.165, 1.54) is 6.26 Å². The highest BCUT2D eigenvalue weighted by atomic mass is 32.2. The van der Waals surface area contributed by atoms with Gasteiger partial charge in [0.15, 0.2) is 9.84 Å². The highest BCUT2D eigenvalue weighted by Crippen LogP contribution is 2.24. The van der Waals surface area contributed by atoms with Gasteiger partial charge in [-0.1, -0.05) is 42.5 Å². The number of pyridine rings is 1. The van der Waals surface area contributed by atoms with Gasteiger partial charge in [0.2, 0.25) is 0 Å². The van der Waals surface area contributed by atoms with Gasteiger partial charge in [0.05, 0.1) is 4.90 Å². The van der Waals surface area contributed by atoms with Crippen molar-refractivity contribution in [2.45, 2.75) is 11.4 Å². The molecule has 2 aromatic carbocycles. The molecule has 0 aliphatic rings. The Morgan fingerprint density at radius 1 is 1.00 bits per heavy atom. The van der Waals surface area contributed by atoms with Crippen molar-refractivity contribution in [3.63, 3.8) is 0 Å². The summed E-state index contributed by atoms with van der Waals surface area (Å²) in [6.45, 7) is 0.445. The van der Waals surface area contributed by atoms with Gasteiger partial charge in [-0.05, 0) is 35.4 Å². The van der Waals surface area contributed by atoms with E-state index in [4.69, 9.17) is 0 Å². The quantitative estimate of drug-likeness (QED) is 0.531. The summed E-state index contributed by atoms with van der Waals surface area (Å²) in [6.07, 6.45) is 2.87. The van der Waals surface area contributed by atoms with Crippen LogP contribution in [0.2, 0.25) is 0 Å². The molecular formula is C22H19N3O3S. The second-order valence-corrected chi connectivity index (χ2v) is 8.83. The monoisotopic (exact) mass is 405 g/mol. The highest BCUT2D eigenvalue weighted by Gasteiger charge is 2.12. The van der Waals surface area contributed by atoms with Gasteiger partial charge in [-0.3, -0.25) is 4.79 Å². The number of nitrogens with one attached hydrogen (secondary N) is 2. The number of carbonyl (C=O) groups excluding carboxylic acids is 1. The van der Waals surface area contributed by atoms with Gasteiger partial charge in [0.1, 0.15) is 11.3 Å². The number of aromatic nitrogens is 2. The smallest absolute Gasteiger partial charge is 0.268 e. The number of hydrogen-bond acceptors (Lipinski definition) is 4. The third-order valence-electron chi connectivity index (χ3n) is 4.63. The minimum absolute atomic E-state index is 0.203. The van der Waals surface area contributed by atoms with E-state index in [2.05, 4.69) is 15.3 Å². The third-order valence-corrected chi connectivity index (χ3v) is 5.75. The van der Waals surface area contributed by atoms with Crippen LogP contribution in [0.15, 0.2) is 77.8 Å². The fourth-order valence-corrected chi connectivity index (χ4v) is 3.69. The van der Waals surface area contributed by atoms with E-state index < -0.39 is 9.84 Å². The number of benzene rings is 2. The minimum atomic E-state index is -3.23. The van der Waals surface area contributed by atoms with Crippen LogP contribution in [0.25, 0.3) is 22.2 Å². The number of rotatable bonds is 5. The van der Waals surface area contributed by atoms with Crippen molar-refractivity contribution in [3.05, 3.63) is 84.2 Å². The minimum Gasteiger partial charge on any atom is -0.347 e. The molecule has 0 spiro atoms. The van der Waals surface area contributed by atoms with Crippen LogP contribution in [0.5, 0.6) is 0 Å². The van der Waals surface area contributed by atoms with Crippen molar-refractivity contribution < 1.29 is 13.2 Å². The Morgan fingerprint density at radius 3 is 2.41 bits per heavy atom. The average molecular weight is 405 g/mol. The second kappa shape index (κ2) is 7.52. The van der Waals surface area contributed by atoms with E-state index in [1.54, 1.807) is 36.5 Å². The molecule has 4 aromatic rings. The molecule has 0 aliphatic heterocycles. The van der Waals surface area contributed by atoms with Gasteiger partial charge in [0.25, 0.3) is 5.91 Å². The SMILES string of the molecule is CS(=O)(=O)c1ccc(-c2cnc3[nH]c(C(=O)NCc4ccccc4)cc3c2)cc1. The van der Waals surface area contributed by atoms with Crippen LogP contribution in [-0.4, -0.2) is 30.5 Å². The summed E-state index contributed by atoms with van der Waals surface area (Å²) in [5.41, 5.74) is 3.77. The van der Waals surface area contributed by atoms with Crippen molar-refractivity contribution in [1.82, 2.24) is 15.3 Å². The maximum Gasteiger partial charge on any atom is 0.268 e. The third kappa shape index (κ3) is 4.20. The van der Waals surface area contributed by atoms with Crippen molar-refractivity contribution in [2.75, 3.05) is 6.26 Å². The molecule has 29 heavy (non-hydrogen) atoms. The molecule has 7 heteroatoms. The van der Waals surface area contributed by atoms with Gasteiger partial charge in [-0.2, -0.15) is 0 Å². The van der Waals surface area contributed by atoms with E-state index in [0.717, 1.165) is 22.1 Å². The molecule has 2 heterocycles. The zero-order valence-electron chi connectivity index (χ0n) is 15.7. The lowest BCUT2D eigenvalue weighted by Crippen LogP contribution is -2.22. The Morgan fingerprint density at radius 2 is 1.72 bits per heavy atom. The first kappa shape index (κ1) is 18.9. The Balaban J connectivity index is 1.55. The molecule has 2 N–H and O–H groups in total. The van der Waals surface area contributed by atoms with E-state index in [-0.39, 0.29) is 10.8 Å². The van der Waals surface area contributed by atoms with E-state index in [9.17, 15) is 13.2 Å². The fraction of sp³-hybridized carbons (Fsp3) is 0.0909. The summed E-state index contributed by atoms with van der Waals surface area (Å²) in [5, 5.41) is 3.69. The molecule has 1 amide bonds. The normalized spacial score (nSPS) is 11.5. The van der Waals surface area contributed by atoms with Crippen LogP contribution in [0.3, 0.4) is 0 Å². The Bertz CT molecular complexity index is 1280. The first-order chi connectivity index (χ1) is 13.9. The number of sulfone groups is 1. The maximum atomic E-state index is 12.4. The molecule has 0 saturated heterocycles. The number of amides is 1. The van der Waals surface area contributed by atoms with Crippen LogP contribution < -0.4 is 5.32 Å². The van der Waals surface area contributed by atoms with Crippen molar-refractivity contribution >= 4 is 26.8 Å². The second-order valence-electron chi connectivity index (χ2n) is 6.81. The van der Waals surface area contributed by atoms with Crippen molar-refractivity contribution in [2.24, 2.45) is 0 Å². The van der Waals surface area contributed by atoms with Gasteiger partial charge < -0.3 is 10.3 Å². The van der Waals surface area contributed by atoms with Crippen LogP contribution in [0.1, 0.15) is 16.1 Å². The maximum absolute atomic E-state index is 12.4. The van der Waals surface area contributed by atoms with Crippen LogP contribution in [-0.2, 0) is 16.4 Å². The number of fused-ring (bicyclic) bond motifs is 1. The molecule has 0 aliphatic carbocycles. The first-order valence-corrected chi connectivity index (χ1v) is 10.9. The van der Waals surface area contributed by atoms with Crippen LogP contribution in [0.4, 0.5) is 0 Å². The number of hydrogen-bond donors (Lipinski definition) is 2. The first-order valence-electron chi connectivity index (χ1n) is 9.01. The van der Waals surface area contributed by atoms with Gasteiger partial charge in [-0.15, -0.1) is 0 Å². The topological polar surface area (TPSA) is 91.9 Å². The lowest BCUT2D eigenvalue weighted by atomic mass is 10.1. The zero-order chi connectivity index (χ0) is 20.4. The molecule has 0 fully saturated rings. The van der Waals surface area contributed by atoms with Crippen LogP contribution in [0, 0.1) is 0 Å². The number of carbonyl (C=O) groups is 1.